The normalized spacial score (nSPS) is 10.6. The van der Waals surface area contributed by atoms with Crippen molar-refractivity contribution in [2.24, 2.45) is 0 Å². The van der Waals surface area contributed by atoms with Crippen LogP contribution in [-0.2, 0) is 4.79 Å². The molecule has 0 aliphatic carbocycles. The van der Waals surface area contributed by atoms with Gasteiger partial charge in [-0.05, 0) is 44.2 Å². The minimum absolute atomic E-state index is 0.00800. The Hall–Kier alpha value is -2.08. The first-order chi connectivity index (χ1) is 7.11. The summed E-state index contributed by atoms with van der Waals surface area (Å²) in [4.78, 5) is 10.8. The van der Waals surface area contributed by atoms with Gasteiger partial charge in [0.1, 0.15) is 0 Å². The lowest BCUT2D eigenvalue weighted by molar-refractivity contribution is -0.112. The van der Waals surface area contributed by atoms with Gasteiger partial charge in [-0.3, -0.25) is 4.79 Å². The van der Waals surface area contributed by atoms with Crippen molar-refractivity contribution in [2.45, 2.75) is 13.8 Å². The predicted molar refractivity (Wildman–Crippen MR) is 59.2 cm³/mol. The third-order valence-corrected chi connectivity index (χ3v) is 1.78. The lowest BCUT2D eigenvalue weighted by atomic mass is 10.2. The van der Waals surface area contributed by atoms with Crippen molar-refractivity contribution in [3.8, 4) is 6.07 Å². The molecule has 0 fully saturated rings. The first-order valence-corrected chi connectivity index (χ1v) is 4.58. The van der Waals surface area contributed by atoms with E-state index in [0.717, 1.165) is 11.4 Å². The molecule has 0 radical (unpaired) electrons. The third kappa shape index (κ3) is 3.65. The highest BCUT2D eigenvalue weighted by Gasteiger charge is 1.95. The van der Waals surface area contributed by atoms with E-state index >= 15 is 0 Å². The number of ketones is 1. The summed E-state index contributed by atoms with van der Waals surface area (Å²) in [7, 11) is 0. The number of nitrogens with one attached hydrogen (secondary N) is 1. The van der Waals surface area contributed by atoms with E-state index in [9.17, 15) is 4.79 Å². The molecule has 15 heavy (non-hydrogen) atoms. The number of rotatable bonds is 3. The molecule has 0 atom stereocenters. The second kappa shape index (κ2) is 4.97. The van der Waals surface area contributed by atoms with Crippen LogP contribution in [0.3, 0.4) is 0 Å². The van der Waals surface area contributed by atoms with Crippen molar-refractivity contribution < 1.29 is 4.79 Å². The number of benzene rings is 1. The van der Waals surface area contributed by atoms with Crippen molar-refractivity contribution in [3.05, 3.63) is 41.6 Å². The summed E-state index contributed by atoms with van der Waals surface area (Å²) in [5, 5.41) is 11.7. The third-order valence-electron chi connectivity index (χ3n) is 1.78. The monoisotopic (exact) mass is 200 g/mol. The van der Waals surface area contributed by atoms with Crippen molar-refractivity contribution in [1.82, 2.24) is 0 Å². The van der Waals surface area contributed by atoms with Gasteiger partial charge in [0.25, 0.3) is 0 Å². The molecular formula is C12H12N2O. The quantitative estimate of drug-likeness (QED) is 0.762. The average molecular weight is 200 g/mol. The molecule has 0 spiro atoms. The highest BCUT2D eigenvalue weighted by molar-refractivity contribution is 5.88. The van der Waals surface area contributed by atoms with Gasteiger partial charge in [-0.15, -0.1) is 0 Å². The van der Waals surface area contributed by atoms with E-state index in [-0.39, 0.29) is 5.78 Å². The molecule has 0 aliphatic rings. The van der Waals surface area contributed by atoms with Crippen LogP contribution in [0, 0.1) is 11.3 Å². The fourth-order valence-electron chi connectivity index (χ4n) is 1.20. The minimum atomic E-state index is 0.00800. The zero-order valence-corrected chi connectivity index (χ0v) is 8.74. The van der Waals surface area contributed by atoms with Gasteiger partial charge in [0.2, 0.25) is 0 Å². The molecule has 1 aromatic carbocycles. The second-order valence-electron chi connectivity index (χ2n) is 3.25. The highest BCUT2D eigenvalue weighted by atomic mass is 16.1. The Morgan fingerprint density at radius 3 is 2.40 bits per heavy atom. The van der Waals surface area contributed by atoms with Gasteiger partial charge in [-0.2, -0.15) is 5.26 Å². The summed E-state index contributed by atoms with van der Waals surface area (Å²) in [5.74, 6) is 0.00800. The van der Waals surface area contributed by atoms with Crippen LogP contribution < -0.4 is 5.32 Å². The number of hydrogen-bond donors (Lipinski definition) is 1. The van der Waals surface area contributed by atoms with Crippen LogP contribution in [0.4, 0.5) is 5.69 Å². The van der Waals surface area contributed by atoms with E-state index in [1.54, 1.807) is 24.3 Å². The molecule has 0 bridgehead atoms. The van der Waals surface area contributed by atoms with E-state index in [4.69, 9.17) is 5.26 Å². The first-order valence-electron chi connectivity index (χ1n) is 4.58. The van der Waals surface area contributed by atoms with Gasteiger partial charge >= 0.3 is 0 Å². The van der Waals surface area contributed by atoms with Crippen molar-refractivity contribution in [2.75, 3.05) is 5.32 Å². The van der Waals surface area contributed by atoms with Gasteiger partial charge < -0.3 is 5.32 Å². The molecular weight excluding hydrogens is 188 g/mol. The fraction of sp³-hybridized carbons (Fsp3) is 0.167. The maximum atomic E-state index is 10.8. The van der Waals surface area contributed by atoms with Gasteiger partial charge in [0, 0.05) is 11.4 Å². The van der Waals surface area contributed by atoms with Crippen molar-refractivity contribution in [1.29, 1.82) is 5.26 Å². The Morgan fingerprint density at radius 1 is 1.33 bits per heavy atom. The van der Waals surface area contributed by atoms with Crippen LogP contribution in [0.25, 0.3) is 0 Å². The topological polar surface area (TPSA) is 52.9 Å². The largest absolute Gasteiger partial charge is 0.359 e. The number of carbonyl (C=O) groups excluding carboxylic acids is 1. The van der Waals surface area contributed by atoms with Crippen LogP contribution in [0.1, 0.15) is 19.4 Å². The van der Waals surface area contributed by atoms with E-state index in [2.05, 4.69) is 5.32 Å². The SMILES string of the molecule is CC(=O)/C=C(\C)Nc1ccc(C#N)cc1. The molecule has 0 saturated carbocycles. The van der Waals surface area contributed by atoms with Gasteiger partial charge in [0.15, 0.2) is 5.78 Å². The van der Waals surface area contributed by atoms with Crippen LogP contribution in [0.15, 0.2) is 36.0 Å². The number of nitrogens with zero attached hydrogens (tertiary/aromatic N) is 1. The molecule has 0 saturated heterocycles. The summed E-state index contributed by atoms with van der Waals surface area (Å²) in [6.45, 7) is 3.32. The number of nitriles is 1. The lowest BCUT2D eigenvalue weighted by Crippen LogP contribution is -1.97. The Morgan fingerprint density at radius 2 is 1.93 bits per heavy atom. The van der Waals surface area contributed by atoms with E-state index in [1.807, 2.05) is 13.0 Å². The number of allylic oxidation sites excluding steroid dienone is 2. The number of carbonyl (C=O) groups is 1. The summed E-state index contributed by atoms with van der Waals surface area (Å²) >= 11 is 0. The van der Waals surface area contributed by atoms with Crippen LogP contribution in [-0.4, -0.2) is 5.78 Å². The molecule has 0 aromatic heterocycles. The Balaban J connectivity index is 2.74. The molecule has 3 nitrogen and oxygen atoms in total. The zero-order chi connectivity index (χ0) is 11.3. The van der Waals surface area contributed by atoms with Crippen LogP contribution in [0.5, 0.6) is 0 Å². The zero-order valence-electron chi connectivity index (χ0n) is 8.74. The van der Waals surface area contributed by atoms with Crippen LogP contribution >= 0.6 is 0 Å². The molecule has 1 rings (SSSR count). The molecule has 0 amide bonds. The van der Waals surface area contributed by atoms with E-state index in [0.29, 0.717) is 5.56 Å². The van der Waals surface area contributed by atoms with E-state index in [1.165, 1.54) is 13.0 Å². The Labute approximate surface area is 89.0 Å². The van der Waals surface area contributed by atoms with Crippen LogP contribution in [0.2, 0.25) is 0 Å². The Kier molecular flexibility index (Phi) is 3.64. The molecule has 1 aromatic rings. The van der Waals surface area contributed by atoms with Gasteiger partial charge in [0.05, 0.1) is 11.6 Å². The van der Waals surface area contributed by atoms with Crippen molar-refractivity contribution >= 4 is 11.5 Å². The lowest BCUT2D eigenvalue weighted by Gasteiger charge is -2.05. The number of hydrogen-bond acceptors (Lipinski definition) is 3. The molecule has 0 heterocycles. The fourth-order valence-corrected chi connectivity index (χ4v) is 1.20. The van der Waals surface area contributed by atoms with Gasteiger partial charge in [-0.25, -0.2) is 0 Å². The highest BCUT2D eigenvalue weighted by Crippen LogP contribution is 2.11. The average Bonchev–Trinajstić information content (AvgIpc) is 2.17. The molecule has 0 unspecified atom stereocenters. The smallest absolute Gasteiger partial charge is 0.154 e. The van der Waals surface area contributed by atoms with Gasteiger partial charge in [-0.1, -0.05) is 0 Å². The summed E-state index contributed by atoms with van der Waals surface area (Å²) in [6, 6.07) is 9.10. The minimum Gasteiger partial charge on any atom is -0.359 e. The molecule has 0 aliphatic heterocycles. The molecule has 1 N–H and O–H groups in total. The molecule has 3 heteroatoms. The second-order valence-corrected chi connectivity index (χ2v) is 3.25. The maximum Gasteiger partial charge on any atom is 0.154 e. The maximum absolute atomic E-state index is 10.8. The predicted octanol–water partition coefficient (Wildman–Crippen LogP) is 2.46. The summed E-state index contributed by atoms with van der Waals surface area (Å²) < 4.78 is 0. The standard InChI is InChI=1S/C12H12N2O/c1-9(7-10(2)15)14-12-5-3-11(8-13)4-6-12/h3-7,14H,1-2H3/b9-7+. The Bertz CT molecular complexity index is 424. The summed E-state index contributed by atoms with van der Waals surface area (Å²) in [6.07, 6.45) is 1.53. The molecule has 76 valence electrons. The first kappa shape index (κ1) is 11.0. The van der Waals surface area contributed by atoms with E-state index < -0.39 is 0 Å². The summed E-state index contributed by atoms with van der Waals surface area (Å²) in [5.41, 5.74) is 2.27. The van der Waals surface area contributed by atoms with Crippen molar-refractivity contribution in [3.63, 3.8) is 0 Å². The number of anilines is 1.